The van der Waals surface area contributed by atoms with Crippen LogP contribution >= 0.6 is 11.6 Å². The van der Waals surface area contributed by atoms with Crippen LogP contribution in [0.15, 0.2) is 36.4 Å². The Hall–Kier alpha value is -1.93. The first-order valence-corrected chi connectivity index (χ1v) is 14.0. The summed E-state index contributed by atoms with van der Waals surface area (Å²) in [5.41, 5.74) is 2.46. The molecule has 0 spiro atoms. The molecule has 1 unspecified atom stereocenters. The Bertz CT molecular complexity index is 1090. The summed E-state index contributed by atoms with van der Waals surface area (Å²) in [4.78, 5) is 17.5. The van der Waals surface area contributed by atoms with Crippen LogP contribution in [-0.2, 0) is 17.6 Å². The predicted octanol–water partition coefficient (Wildman–Crippen LogP) is 4.06. The maximum atomic E-state index is 13.2. The minimum absolute atomic E-state index is 0.0160. The summed E-state index contributed by atoms with van der Waals surface area (Å²) in [6, 6.07) is 12.5. The number of piperidine rings is 1. The van der Waals surface area contributed by atoms with Gasteiger partial charge in [-0.1, -0.05) is 11.6 Å². The molecule has 6 rings (SSSR count). The molecule has 6 nitrogen and oxygen atoms in total. The molecule has 4 aliphatic rings. The Kier molecular flexibility index (Phi) is 5.92. The zero-order valence-electron chi connectivity index (χ0n) is 19.2. The van der Waals surface area contributed by atoms with Crippen LogP contribution in [0.5, 0.6) is 11.5 Å². The van der Waals surface area contributed by atoms with Gasteiger partial charge in [-0.2, -0.15) is 0 Å². The maximum absolute atomic E-state index is 13.2. The summed E-state index contributed by atoms with van der Waals surface area (Å²) < 4.78 is 23.5. The van der Waals surface area contributed by atoms with Crippen LogP contribution < -0.4 is 14.4 Å². The molecule has 2 bridgehead atoms. The second-order valence-electron chi connectivity index (χ2n) is 9.92. The van der Waals surface area contributed by atoms with Crippen molar-refractivity contribution in [3.63, 3.8) is 0 Å². The molecule has 3 fully saturated rings. The molecule has 2 aromatic rings. The molecule has 1 amide bonds. The standard InChI is InChI=1S/C26H29ClN2O4S/c1-28-17-2-3-18(28)12-21(11-17)33-25-7-4-19(13-24(25)27)29-9-8-16-10-20(5-6-23(16)26(29)30)32-22-14-34(31)15-22/h4-7,10,13,17-18,21-22H,2-3,8-9,11-12,14-15H2,1H3/t17-,18+,21?,22?,34?. The van der Waals surface area contributed by atoms with E-state index in [1.54, 1.807) is 4.90 Å². The Morgan fingerprint density at radius 1 is 1.03 bits per heavy atom. The lowest BCUT2D eigenvalue weighted by Gasteiger charge is -2.36. The van der Waals surface area contributed by atoms with E-state index < -0.39 is 11.2 Å². The van der Waals surface area contributed by atoms with Crippen molar-refractivity contribution < 1.29 is 18.8 Å². The highest BCUT2D eigenvalue weighted by Gasteiger charge is 2.39. The third-order valence-corrected chi connectivity index (χ3v) is 9.56. The van der Waals surface area contributed by atoms with Crippen LogP contribution in [-0.4, -0.2) is 64.7 Å². The van der Waals surface area contributed by atoms with Gasteiger partial charge >= 0.3 is 0 Å². The van der Waals surface area contributed by atoms with Crippen LogP contribution in [0.2, 0.25) is 5.02 Å². The van der Waals surface area contributed by atoms with E-state index in [1.165, 1.54) is 12.8 Å². The Morgan fingerprint density at radius 3 is 2.50 bits per heavy atom. The van der Waals surface area contributed by atoms with Crippen LogP contribution in [0.25, 0.3) is 0 Å². The monoisotopic (exact) mass is 500 g/mol. The lowest BCUT2D eigenvalue weighted by Crippen LogP contribution is -2.45. The van der Waals surface area contributed by atoms with Crippen molar-refractivity contribution in [1.82, 2.24) is 4.90 Å². The van der Waals surface area contributed by atoms with Gasteiger partial charge in [0.25, 0.3) is 5.91 Å². The first-order valence-electron chi connectivity index (χ1n) is 12.1. The normalized spacial score (nSPS) is 30.6. The van der Waals surface area contributed by atoms with E-state index in [2.05, 4.69) is 11.9 Å². The third kappa shape index (κ3) is 4.17. The zero-order valence-corrected chi connectivity index (χ0v) is 20.8. The Labute approximate surface area is 208 Å². The van der Waals surface area contributed by atoms with E-state index >= 15 is 0 Å². The first-order chi connectivity index (χ1) is 16.4. The molecule has 0 radical (unpaired) electrons. The third-order valence-electron chi connectivity index (χ3n) is 7.78. The molecule has 8 heteroatoms. The molecule has 3 atom stereocenters. The zero-order chi connectivity index (χ0) is 23.4. The summed E-state index contributed by atoms with van der Waals surface area (Å²) in [6.07, 6.45) is 5.53. The minimum Gasteiger partial charge on any atom is -0.616 e. The molecule has 0 N–H and O–H groups in total. The van der Waals surface area contributed by atoms with Crippen LogP contribution in [0.1, 0.15) is 41.6 Å². The molecular formula is C26H29ClN2O4S. The Morgan fingerprint density at radius 2 is 1.79 bits per heavy atom. The molecule has 180 valence electrons. The van der Waals surface area contributed by atoms with Crippen molar-refractivity contribution in [3.8, 4) is 11.5 Å². The lowest BCUT2D eigenvalue weighted by atomic mass is 9.98. The fraction of sp³-hybridized carbons (Fsp3) is 0.500. The number of rotatable bonds is 5. The summed E-state index contributed by atoms with van der Waals surface area (Å²) in [5.74, 6) is 2.58. The lowest BCUT2D eigenvalue weighted by molar-refractivity contribution is 0.0662. The van der Waals surface area contributed by atoms with E-state index in [0.29, 0.717) is 46.5 Å². The molecule has 0 aromatic heterocycles. The number of hydrogen-bond donors (Lipinski definition) is 0. The van der Waals surface area contributed by atoms with Gasteiger partial charge in [0.2, 0.25) is 0 Å². The molecule has 0 saturated carbocycles. The highest BCUT2D eigenvalue weighted by molar-refractivity contribution is 7.92. The number of fused-ring (bicyclic) bond motifs is 3. The van der Waals surface area contributed by atoms with E-state index in [1.807, 2.05) is 36.4 Å². The second-order valence-corrected chi connectivity index (χ2v) is 11.9. The topological polar surface area (TPSA) is 65.1 Å². The van der Waals surface area contributed by atoms with Gasteiger partial charge in [-0.15, -0.1) is 0 Å². The highest BCUT2D eigenvalue weighted by atomic mass is 35.5. The molecular weight excluding hydrogens is 472 g/mol. The van der Waals surface area contributed by atoms with E-state index in [9.17, 15) is 9.35 Å². The first kappa shape index (κ1) is 22.5. The van der Waals surface area contributed by atoms with E-state index in [0.717, 1.165) is 36.3 Å². The van der Waals surface area contributed by atoms with Crippen molar-refractivity contribution in [2.45, 2.75) is 56.4 Å². The minimum atomic E-state index is -0.745. The molecule has 2 aromatic carbocycles. The van der Waals surface area contributed by atoms with Gasteiger partial charge < -0.3 is 23.8 Å². The number of carbonyl (C=O) groups excluding carboxylic acids is 1. The van der Waals surface area contributed by atoms with Gasteiger partial charge in [-0.25, -0.2) is 0 Å². The van der Waals surface area contributed by atoms with Crippen LogP contribution in [0, 0.1) is 0 Å². The number of halogens is 1. The van der Waals surface area contributed by atoms with Crippen molar-refractivity contribution in [2.24, 2.45) is 0 Å². The number of ether oxygens (including phenoxy) is 2. The fourth-order valence-electron chi connectivity index (χ4n) is 5.80. The number of carbonyl (C=O) groups is 1. The van der Waals surface area contributed by atoms with Crippen molar-refractivity contribution >= 4 is 34.4 Å². The Balaban J connectivity index is 1.13. The van der Waals surface area contributed by atoms with Crippen LogP contribution in [0.4, 0.5) is 5.69 Å². The largest absolute Gasteiger partial charge is 0.616 e. The molecule has 3 saturated heterocycles. The number of anilines is 1. The average Bonchev–Trinajstić information content (AvgIpc) is 3.00. The maximum Gasteiger partial charge on any atom is 0.258 e. The number of benzene rings is 2. The smallest absolute Gasteiger partial charge is 0.258 e. The van der Waals surface area contributed by atoms with Gasteiger partial charge in [-0.3, -0.25) is 4.79 Å². The van der Waals surface area contributed by atoms with Crippen molar-refractivity contribution in [2.75, 3.05) is 30.0 Å². The van der Waals surface area contributed by atoms with Gasteiger partial charge in [0, 0.05) is 29.9 Å². The summed E-state index contributed by atoms with van der Waals surface area (Å²) in [7, 11) is 2.22. The summed E-state index contributed by atoms with van der Waals surface area (Å²) >= 11 is 5.87. The fourth-order valence-corrected chi connectivity index (χ4v) is 6.89. The van der Waals surface area contributed by atoms with Gasteiger partial charge in [0.1, 0.15) is 29.1 Å². The quantitative estimate of drug-likeness (QED) is 0.579. The highest BCUT2D eigenvalue weighted by Crippen LogP contribution is 2.38. The average molecular weight is 501 g/mol. The molecule has 0 aliphatic carbocycles. The van der Waals surface area contributed by atoms with Gasteiger partial charge in [-0.05, 0) is 92.3 Å². The van der Waals surface area contributed by atoms with Crippen molar-refractivity contribution in [3.05, 3.63) is 52.5 Å². The second kappa shape index (κ2) is 8.94. The van der Waals surface area contributed by atoms with E-state index in [4.69, 9.17) is 21.1 Å². The number of nitrogens with zero attached hydrogens (tertiary/aromatic N) is 2. The van der Waals surface area contributed by atoms with Gasteiger partial charge in [0.15, 0.2) is 6.10 Å². The van der Waals surface area contributed by atoms with Crippen molar-refractivity contribution in [1.29, 1.82) is 0 Å². The molecule has 34 heavy (non-hydrogen) atoms. The molecule has 4 heterocycles. The SMILES string of the molecule is CN1[C@@H]2CC[C@H]1CC(Oc1ccc(N3CCc4cc(OC5C[S+]([O-])C5)ccc4C3=O)cc1Cl)C2. The van der Waals surface area contributed by atoms with Gasteiger partial charge in [0.05, 0.1) is 5.02 Å². The van der Waals surface area contributed by atoms with Crippen LogP contribution in [0.3, 0.4) is 0 Å². The molecule has 4 aliphatic heterocycles. The number of hydrogen-bond acceptors (Lipinski definition) is 5. The number of amides is 1. The summed E-state index contributed by atoms with van der Waals surface area (Å²) in [6.45, 7) is 0.581. The predicted molar refractivity (Wildman–Crippen MR) is 134 cm³/mol. The summed E-state index contributed by atoms with van der Waals surface area (Å²) in [5, 5.41) is 0.545. The van der Waals surface area contributed by atoms with E-state index in [-0.39, 0.29) is 18.1 Å².